The van der Waals surface area contributed by atoms with E-state index in [0.29, 0.717) is 5.92 Å². The van der Waals surface area contributed by atoms with E-state index in [1.54, 1.807) is 0 Å². The normalized spacial score (nSPS) is 21.5. The Morgan fingerprint density at radius 1 is 1.62 bits per heavy atom. The van der Waals surface area contributed by atoms with Gasteiger partial charge < -0.3 is 5.11 Å². The van der Waals surface area contributed by atoms with Gasteiger partial charge in [0.1, 0.15) is 5.82 Å². The Kier molecular flexibility index (Phi) is 2.31. The lowest BCUT2D eigenvalue weighted by Gasteiger charge is -2.19. The summed E-state index contributed by atoms with van der Waals surface area (Å²) in [7, 11) is 0. The van der Waals surface area contributed by atoms with Crippen molar-refractivity contribution < 1.29 is 5.11 Å². The van der Waals surface area contributed by atoms with Gasteiger partial charge in [-0.25, -0.2) is 9.67 Å². The largest absolute Gasteiger partial charge is 0.396 e. The van der Waals surface area contributed by atoms with Gasteiger partial charge in [0.15, 0.2) is 5.82 Å². The molecule has 1 N–H and O–H groups in total. The number of hydrogen-bond donors (Lipinski definition) is 1. The zero-order valence-corrected chi connectivity index (χ0v) is 7.90. The Morgan fingerprint density at radius 2 is 2.46 bits per heavy atom. The summed E-state index contributed by atoms with van der Waals surface area (Å²) >= 11 is 0. The molecule has 1 atom stereocenters. The summed E-state index contributed by atoms with van der Waals surface area (Å²) in [5.74, 6) is 2.38. The maximum atomic E-state index is 9.02. The number of aliphatic hydroxyl groups excluding tert-OH is 1. The lowest BCUT2D eigenvalue weighted by atomic mass is 10.0. The van der Waals surface area contributed by atoms with Crippen molar-refractivity contribution in [3.05, 3.63) is 11.6 Å². The minimum Gasteiger partial charge on any atom is -0.396 e. The van der Waals surface area contributed by atoms with E-state index in [9.17, 15) is 0 Å². The SMILES string of the molecule is CCc1nc2n(n1)CC(CO)CC2. The highest BCUT2D eigenvalue weighted by molar-refractivity contribution is 4.96. The van der Waals surface area contributed by atoms with Crippen LogP contribution in [-0.4, -0.2) is 26.5 Å². The van der Waals surface area contributed by atoms with Crippen LogP contribution in [0.3, 0.4) is 0 Å². The molecule has 0 saturated heterocycles. The Bertz CT molecular complexity index is 295. The highest BCUT2D eigenvalue weighted by Gasteiger charge is 2.20. The minimum absolute atomic E-state index is 0.265. The fourth-order valence-corrected chi connectivity index (χ4v) is 1.73. The van der Waals surface area contributed by atoms with Gasteiger partial charge in [-0.05, 0) is 6.42 Å². The Labute approximate surface area is 77.6 Å². The van der Waals surface area contributed by atoms with Crippen molar-refractivity contribution in [2.75, 3.05) is 6.61 Å². The number of aliphatic hydroxyl groups is 1. The number of fused-ring (bicyclic) bond motifs is 1. The average Bonchev–Trinajstić information content (AvgIpc) is 2.58. The lowest BCUT2D eigenvalue weighted by molar-refractivity contribution is 0.185. The summed E-state index contributed by atoms with van der Waals surface area (Å²) in [6, 6.07) is 0. The fraction of sp³-hybridized carbons (Fsp3) is 0.778. The van der Waals surface area contributed by atoms with Crippen molar-refractivity contribution in [2.45, 2.75) is 32.7 Å². The van der Waals surface area contributed by atoms with Gasteiger partial charge in [0.05, 0.1) is 0 Å². The second kappa shape index (κ2) is 3.46. The summed E-state index contributed by atoms with van der Waals surface area (Å²) < 4.78 is 1.95. The molecule has 0 bridgehead atoms. The lowest BCUT2D eigenvalue weighted by Crippen LogP contribution is -2.23. The van der Waals surface area contributed by atoms with Gasteiger partial charge in [-0.15, -0.1) is 0 Å². The molecule has 4 nitrogen and oxygen atoms in total. The summed E-state index contributed by atoms with van der Waals surface area (Å²) in [5, 5.41) is 13.4. The molecule has 1 aliphatic heterocycles. The molecule has 1 unspecified atom stereocenters. The average molecular weight is 181 g/mol. The highest BCUT2D eigenvalue weighted by atomic mass is 16.3. The number of hydrogen-bond acceptors (Lipinski definition) is 3. The van der Waals surface area contributed by atoms with Crippen molar-refractivity contribution in [3.8, 4) is 0 Å². The van der Waals surface area contributed by atoms with Gasteiger partial charge in [-0.1, -0.05) is 6.92 Å². The van der Waals surface area contributed by atoms with E-state index in [0.717, 1.165) is 37.5 Å². The van der Waals surface area contributed by atoms with Crippen LogP contribution in [0.5, 0.6) is 0 Å². The van der Waals surface area contributed by atoms with Gasteiger partial charge >= 0.3 is 0 Å². The van der Waals surface area contributed by atoms with Crippen LogP contribution in [0, 0.1) is 5.92 Å². The van der Waals surface area contributed by atoms with Crippen LogP contribution in [0.2, 0.25) is 0 Å². The number of rotatable bonds is 2. The first-order valence-electron chi connectivity index (χ1n) is 4.87. The first-order chi connectivity index (χ1) is 6.33. The predicted molar refractivity (Wildman–Crippen MR) is 48.3 cm³/mol. The standard InChI is InChI=1S/C9H15N3O/c1-2-8-10-9-4-3-7(6-13)5-12(9)11-8/h7,13H,2-6H2,1H3. The first kappa shape index (κ1) is 8.69. The van der Waals surface area contributed by atoms with Crippen molar-refractivity contribution in [1.82, 2.24) is 14.8 Å². The molecule has 2 rings (SSSR count). The van der Waals surface area contributed by atoms with Crippen LogP contribution < -0.4 is 0 Å². The third-order valence-corrected chi connectivity index (χ3v) is 2.57. The molecule has 1 aliphatic rings. The molecule has 0 saturated carbocycles. The van der Waals surface area contributed by atoms with E-state index < -0.39 is 0 Å². The molecule has 4 heteroatoms. The maximum Gasteiger partial charge on any atom is 0.150 e. The molecule has 0 radical (unpaired) electrons. The van der Waals surface area contributed by atoms with Crippen molar-refractivity contribution >= 4 is 0 Å². The topological polar surface area (TPSA) is 50.9 Å². The van der Waals surface area contributed by atoms with Crippen molar-refractivity contribution in [2.24, 2.45) is 5.92 Å². The zero-order valence-electron chi connectivity index (χ0n) is 7.90. The number of aryl methyl sites for hydroxylation is 2. The van der Waals surface area contributed by atoms with Gasteiger partial charge in [0.2, 0.25) is 0 Å². The van der Waals surface area contributed by atoms with Crippen LogP contribution in [-0.2, 0) is 19.4 Å². The molecule has 72 valence electrons. The van der Waals surface area contributed by atoms with E-state index in [1.807, 2.05) is 4.68 Å². The van der Waals surface area contributed by atoms with E-state index in [4.69, 9.17) is 5.11 Å². The summed E-state index contributed by atoms with van der Waals surface area (Å²) in [4.78, 5) is 4.41. The van der Waals surface area contributed by atoms with E-state index >= 15 is 0 Å². The Balaban J connectivity index is 2.19. The van der Waals surface area contributed by atoms with E-state index in [2.05, 4.69) is 17.0 Å². The number of aromatic nitrogens is 3. The smallest absolute Gasteiger partial charge is 0.150 e. The van der Waals surface area contributed by atoms with E-state index in [1.165, 1.54) is 0 Å². The highest BCUT2D eigenvalue weighted by Crippen LogP contribution is 2.17. The summed E-state index contributed by atoms with van der Waals surface area (Å²) in [5.41, 5.74) is 0. The van der Waals surface area contributed by atoms with Gasteiger partial charge in [0, 0.05) is 31.9 Å². The van der Waals surface area contributed by atoms with E-state index in [-0.39, 0.29) is 6.61 Å². The monoisotopic (exact) mass is 181 g/mol. The Hall–Kier alpha value is -0.900. The molecule has 2 heterocycles. The fourth-order valence-electron chi connectivity index (χ4n) is 1.73. The van der Waals surface area contributed by atoms with Crippen LogP contribution in [0.25, 0.3) is 0 Å². The van der Waals surface area contributed by atoms with Crippen molar-refractivity contribution in [3.63, 3.8) is 0 Å². The third-order valence-electron chi connectivity index (χ3n) is 2.57. The second-order valence-electron chi connectivity index (χ2n) is 3.57. The molecule has 1 aromatic heterocycles. The van der Waals surface area contributed by atoms with Crippen LogP contribution >= 0.6 is 0 Å². The zero-order chi connectivity index (χ0) is 9.26. The van der Waals surface area contributed by atoms with Crippen molar-refractivity contribution in [1.29, 1.82) is 0 Å². The minimum atomic E-state index is 0.265. The maximum absolute atomic E-state index is 9.02. The first-order valence-corrected chi connectivity index (χ1v) is 4.87. The molecular formula is C9H15N3O. The summed E-state index contributed by atoms with van der Waals surface area (Å²) in [6.45, 7) is 3.16. The predicted octanol–water partition coefficient (Wildman–Crippen LogP) is 0.395. The second-order valence-corrected chi connectivity index (χ2v) is 3.57. The molecule has 13 heavy (non-hydrogen) atoms. The van der Waals surface area contributed by atoms with Crippen LogP contribution in [0.1, 0.15) is 25.0 Å². The summed E-state index contributed by atoms with van der Waals surface area (Å²) in [6.07, 6.45) is 2.89. The molecule has 0 aromatic carbocycles. The number of nitrogens with zero attached hydrogens (tertiary/aromatic N) is 3. The molecule has 0 spiro atoms. The van der Waals surface area contributed by atoms with Crippen LogP contribution in [0.15, 0.2) is 0 Å². The van der Waals surface area contributed by atoms with Gasteiger partial charge in [0.25, 0.3) is 0 Å². The molecule has 0 fully saturated rings. The molecule has 0 amide bonds. The molecular weight excluding hydrogens is 166 g/mol. The van der Waals surface area contributed by atoms with Crippen LogP contribution in [0.4, 0.5) is 0 Å². The quantitative estimate of drug-likeness (QED) is 0.718. The Morgan fingerprint density at radius 3 is 3.15 bits per heavy atom. The third kappa shape index (κ3) is 1.58. The molecule has 0 aliphatic carbocycles. The molecule has 1 aromatic rings. The van der Waals surface area contributed by atoms with Gasteiger partial charge in [-0.2, -0.15) is 5.10 Å². The van der Waals surface area contributed by atoms with Gasteiger partial charge in [-0.3, -0.25) is 0 Å².